The third kappa shape index (κ3) is 3.53. The lowest BCUT2D eigenvalue weighted by Crippen LogP contribution is -2.42. The number of hydrogen-bond acceptors (Lipinski definition) is 3. The van der Waals surface area contributed by atoms with E-state index in [4.69, 9.17) is 0 Å². The maximum atomic E-state index is 9.90. The molecule has 0 radical (unpaired) electrons. The Morgan fingerprint density at radius 1 is 1.40 bits per heavy atom. The summed E-state index contributed by atoms with van der Waals surface area (Å²) in [5.74, 6) is 0.343. The molecule has 1 aromatic carbocycles. The molecule has 3 nitrogen and oxygen atoms in total. The number of nitrogens with zero attached hydrogens (tertiary/aromatic N) is 1. The van der Waals surface area contributed by atoms with Gasteiger partial charge in [-0.05, 0) is 43.9 Å². The Hall–Kier alpha value is -1.06. The molecule has 0 saturated carbocycles. The lowest BCUT2D eigenvalue weighted by Gasteiger charge is -2.37. The predicted molar refractivity (Wildman–Crippen MR) is 85.2 cm³/mol. The number of nitrogens with one attached hydrogen (secondary N) is 1. The molecule has 1 saturated heterocycles. The number of hydrogen-bond donors (Lipinski definition) is 2. The van der Waals surface area contributed by atoms with Crippen molar-refractivity contribution in [2.45, 2.75) is 45.8 Å². The molecule has 1 fully saturated rings. The SMILES string of the molecule is CCCNC(C)c1ccccc1N1CCC(O)C(C)C1. The minimum absolute atomic E-state index is 0.144. The van der Waals surface area contributed by atoms with Crippen molar-refractivity contribution in [1.82, 2.24) is 5.32 Å². The maximum Gasteiger partial charge on any atom is 0.0599 e. The van der Waals surface area contributed by atoms with E-state index in [9.17, 15) is 5.11 Å². The second-order valence-corrected chi connectivity index (χ2v) is 6.01. The predicted octanol–water partition coefficient (Wildman–Crippen LogP) is 2.95. The summed E-state index contributed by atoms with van der Waals surface area (Å²) in [5, 5.41) is 13.5. The van der Waals surface area contributed by atoms with E-state index in [2.05, 4.69) is 55.3 Å². The van der Waals surface area contributed by atoms with E-state index >= 15 is 0 Å². The van der Waals surface area contributed by atoms with Crippen molar-refractivity contribution >= 4 is 5.69 Å². The summed E-state index contributed by atoms with van der Waals surface area (Å²) >= 11 is 0. The van der Waals surface area contributed by atoms with Crippen molar-refractivity contribution in [2.24, 2.45) is 5.92 Å². The van der Waals surface area contributed by atoms with Crippen molar-refractivity contribution in [3.63, 3.8) is 0 Å². The molecule has 0 aliphatic carbocycles. The molecule has 1 aromatic rings. The minimum atomic E-state index is -0.144. The smallest absolute Gasteiger partial charge is 0.0599 e. The van der Waals surface area contributed by atoms with Gasteiger partial charge >= 0.3 is 0 Å². The normalized spacial score (nSPS) is 24.7. The molecule has 1 aliphatic heterocycles. The van der Waals surface area contributed by atoms with Crippen LogP contribution in [0.5, 0.6) is 0 Å². The van der Waals surface area contributed by atoms with Gasteiger partial charge in [0.2, 0.25) is 0 Å². The van der Waals surface area contributed by atoms with Gasteiger partial charge in [-0.2, -0.15) is 0 Å². The van der Waals surface area contributed by atoms with Gasteiger partial charge in [0.1, 0.15) is 0 Å². The highest BCUT2D eigenvalue weighted by atomic mass is 16.3. The van der Waals surface area contributed by atoms with Crippen LogP contribution in [0.3, 0.4) is 0 Å². The Bertz CT molecular complexity index is 421. The fourth-order valence-electron chi connectivity index (χ4n) is 2.96. The average Bonchev–Trinajstić information content (AvgIpc) is 2.47. The Balaban J connectivity index is 2.15. The molecule has 20 heavy (non-hydrogen) atoms. The third-order valence-electron chi connectivity index (χ3n) is 4.30. The van der Waals surface area contributed by atoms with Crippen molar-refractivity contribution in [3.8, 4) is 0 Å². The van der Waals surface area contributed by atoms with Gasteiger partial charge in [-0.1, -0.05) is 32.0 Å². The molecule has 3 atom stereocenters. The largest absolute Gasteiger partial charge is 0.393 e. The molecule has 2 rings (SSSR count). The van der Waals surface area contributed by atoms with Crippen LogP contribution in [0.1, 0.15) is 45.2 Å². The summed E-state index contributed by atoms with van der Waals surface area (Å²) in [6.45, 7) is 9.50. The van der Waals surface area contributed by atoms with Gasteiger partial charge < -0.3 is 15.3 Å². The number of piperidine rings is 1. The van der Waals surface area contributed by atoms with Crippen LogP contribution in [0.4, 0.5) is 5.69 Å². The Labute approximate surface area is 123 Å². The van der Waals surface area contributed by atoms with Crippen molar-refractivity contribution in [2.75, 3.05) is 24.5 Å². The second-order valence-electron chi connectivity index (χ2n) is 6.01. The lowest BCUT2D eigenvalue weighted by atomic mass is 9.95. The van der Waals surface area contributed by atoms with Crippen molar-refractivity contribution in [1.29, 1.82) is 0 Å². The van der Waals surface area contributed by atoms with Gasteiger partial charge in [0, 0.05) is 24.8 Å². The molecule has 1 aliphatic rings. The summed E-state index contributed by atoms with van der Waals surface area (Å²) in [5.41, 5.74) is 2.69. The number of aliphatic hydroxyl groups excluding tert-OH is 1. The molecule has 0 spiro atoms. The average molecular weight is 276 g/mol. The molecule has 0 aromatic heterocycles. The van der Waals surface area contributed by atoms with Gasteiger partial charge in [0.15, 0.2) is 0 Å². The van der Waals surface area contributed by atoms with Gasteiger partial charge in [-0.25, -0.2) is 0 Å². The molecule has 0 amide bonds. The Morgan fingerprint density at radius 2 is 2.15 bits per heavy atom. The molecule has 3 unspecified atom stereocenters. The quantitative estimate of drug-likeness (QED) is 0.868. The fourth-order valence-corrected chi connectivity index (χ4v) is 2.96. The van der Waals surface area contributed by atoms with Gasteiger partial charge in [-0.3, -0.25) is 0 Å². The summed E-state index contributed by atoms with van der Waals surface area (Å²) in [7, 11) is 0. The van der Waals surface area contributed by atoms with Crippen LogP contribution in [0.25, 0.3) is 0 Å². The first-order chi connectivity index (χ1) is 9.63. The number of aliphatic hydroxyl groups is 1. The van der Waals surface area contributed by atoms with Crippen LogP contribution in [-0.4, -0.2) is 30.8 Å². The highest BCUT2D eigenvalue weighted by Crippen LogP contribution is 2.30. The van der Waals surface area contributed by atoms with Crippen LogP contribution >= 0.6 is 0 Å². The van der Waals surface area contributed by atoms with Crippen molar-refractivity contribution < 1.29 is 5.11 Å². The van der Waals surface area contributed by atoms with E-state index < -0.39 is 0 Å². The van der Waals surface area contributed by atoms with E-state index in [0.29, 0.717) is 12.0 Å². The standard InChI is InChI=1S/C17H28N2O/c1-4-10-18-14(3)15-7-5-6-8-16(15)19-11-9-17(20)13(2)12-19/h5-8,13-14,17-18,20H,4,9-12H2,1-3H3. The van der Waals surface area contributed by atoms with Gasteiger partial charge in [-0.15, -0.1) is 0 Å². The molecule has 3 heteroatoms. The molecule has 2 N–H and O–H groups in total. The van der Waals surface area contributed by atoms with E-state index in [1.54, 1.807) is 0 Å². The van der Waals surface area contributed by atoms with Crippen LogP contribution in [0.2, 0.25) is 0 Å². The first kappa shape index (κ1) is 15.3. The monoisotopic (exact) mass is 276 g/mol. The third-order valence-corrected chi connectivity index (χ3v) is 4.30. The summed E-state index contributed by atoms with van der Waals surface area (Å²) in [4.78, 5) is 2.43. The highest BCUT2D eigenvalue weighted by Gasteiger charge is 2.26. The lowest BCUT2D eigenvalue weighted by molar-refractivity contribution is 0.0970. The Morgan fingerprint density at radius 3 is 2.85 bits per heavy atom. The minimum Gasteiger partial charge on any atom is -0.393 e. The molecule has 0 bridgehead atoms. The molecule has 112 valence electrons. The molecular formula is C17H28N2O. The number of anilines is 1. The maximum absolute atomic E-state index is 9.90. The van der Waals surface area contributed by atoms with Crippen LogP contribution in [0.15, 0.2) is 24.3 Å². The fraction of sp³-hybridized carbons (Fsp3) is 0.647. The number of benzene rings is 1. The molecule has 1 heterocycles. The second kappa shape index (κ2) is 7.09. The highest BCUT2D eigenvalue weighted by molar-refractivity contribution is 5.55. The Kier molecular flexibility index (Phi) is 5.44. The number of rotatable bonds is 5. The first-order valence-electron chi connectivity index (χ1n) is 7.88. The van der Waals surface area contributed by atoms with Gasteiger partial charge in [0.05, 0.1) is 6.10 Å². The summed E-state index contributed by atoms with van der Waals surface area (Å²) in [6, 6.07) is 9.03. The van der Waals surface area contributed by atoms with Crippen LogP contribution in [0, 0.1) is 5.92 Å². The number of para-hydroxylation sites is 1. The zero-order valence-electron chi connectivity index (χ0n) is 13.0. The van der Waals surface area contributed by atoms with E-state index in [1.807, 2.05) is 0 Å². The topological polar surface area (TPSA) is 35.5 Å². The summed E-state index contributed by atoms with van der Waals surface area (Å²) < 4.78 is 0. The zero-order chi connectivity index (χ0) is 14.5. The van der Waals surface area contributed by atoms with Gasteiger partial charge in [0.25, 0.3) is 0 Å². The first-order valence-corrected chi connectivity index (χ1v) is 7.88. The van der Waals surface area contributed by atoms with Crippen LogP contribution < -0.4 is 10.2 Å². The zero-order valence-corrected chi connectivity index (χ0v) is 13.0. The van der Waals surface area contributed by atoms with E-state index in [0.717, 1.165) is 32.5 Å². The molecular weight excluding hydrogens is 248 g/mol. The van der Waals surface area contributed by atoms with Crippen molar-refractivity contribution in [3.05, 3.63) is 29.8 Å². The van der Waals surface area contributed by atoms with E-state index in [-0.39, 0.29) is 6.10 Å². The summed E-state index contributed by atoms with van der Waals surface area (Å²) in [6.07, 6.45) is 1.88. The van der Waals surface area contributed by atoms with E-state index in [1.165, 1.54) is 11.3 Å². The van der Waals surface area contributed by atoms with Crippen LogP contribution in [-0.2, 0) is 0 Å².